The van der Waals surface area contributed by atoms with Crippen molar-refractivity contribution >= 4 is 51.5 Å². The second kappa shape index (κ2) is 12.0. The van der Waals surface area contributed by atoms with Gasteiger partial charge >= 0.3 is 0 Å². The van der Waals surface area contributed by atoms with Gasteiger partial charge in [0, 0.05) is 30.4 Å². The number of hydrogen-bond donors (Lipinski definition) is 3. The van der Waals surface area contributed by atoms with E-state index in [1.165, 1.54) is 22.9 Å². The molecule has 1 atom stereocenters. The molecule has 4 N–H and O–H groups in total. The zero-order valence-corrected chi connectivity index (χ0v) is 20.6. The van der Waals surface area contributed by atoms with Gasteiger partial charge in [0.2, 0.25) is 0 Å². The van der Waals surface area contributed by atoms with E-state index in [4.69, 9.17) is 15.9 Å². The standard InChI is InChI=1S/C25H27IN3OP/c1-2-23(18-6-4-3-5-7-18)25(19-8-11-22(12-9-19)30-15-14-27)20-10-13-24(29-31-26)21(16-20)17-28/h3-13,16-17,28-29,31H,2,14-15,27H2,1H3/b25-23+,28-17?. The van der Waals surface area contributed by atoms with Crippen molar-refractivity contribution < 1.29 is 4.74 Å². The summed E-state index contributed by atoms with van der Waals surface area (Å²) in [5.74, 6) is 0.814. The maximum absolute atomic E-state index is 7.91. The molecule has 0 saturated carbocycles. The van der Waals surface area contributed by atoms with E-state index in [0.717, 1.165) is 34.5 Å². The Kier molecular flexibility index (Phi) is 9.07. The van der Waals surface area contributed by atoms with Crippen LogP contribution in [0.15, 0.2) is 72.8 Å². The van der Waals surface area contributed by atoms with E-state index in [1.54, 1.807) is 0 Å². The Labute approximate surface area is 199 Å². The van der Waals surface area contributed by atoms with Gasteiger partial charge in [0.05, 0.1) is 0 Å². The second-order valence-corrected chi connectivity index (χ2v) is 8.96. The first-order valence-corrected chi connectivity index (χ1v) is 14.3. The summed E-state index contributed by atoms with van der Waals surface area (Å²) in [6.45, 7) is 3.18. The van der Waals surface area contributed by atoms with Crippen LogP contribution in [0.4, 0.5) is 5.69 Å². The van der Waals surface area contributed by atoms with Crippen molar-refractivity contribution in [3.05, 3.63) is 95.1 Å². The minimum absolute atomic E-state index is 0.492. The quantitative estimate of drug-likeness (QED) is 0.115. The van der Waals surface area contributed by atoms with E-state index in [-0.39, 0.29) is 0 Å². The van der Waals surface area contributed by atoms with Crippen LogP contribution in [0.25, 0.3) is 11.1 Å². The molecule has 0 aliphatic heterocycles. The van der Waals surface area contributed by atoms with Gasteiger partial charge < -0.3 is 21.0 Å². The van der Waals surface area contributed by atoms with Gasteiger partial charge in [-0.1, -0.05) is 55.5 Å². The summed E-state index contributed by atoms with van der Waals surface area (Å²) in [5, 5.41) is 11.3. The fraction of sp³-hybridized carbons (Fsp3) is 0.160. The van der Waals surface area contributed by atoms with E-state index >= 15 is 0 Å². The number of rotatable bonds is 10. The summed E-state index contributed by atoms with van der Waals surface area (Å²) in [5.41, 5.74) is 13.3. The SMILES string of the molecule is CC/C(=C(/c1ccc(OCCN)cc1)c1ccc(NPI)c(C=N)c1)c1ccccc1. The van der Waals surface area contributed by atoms with Crippen molar-refractivity contribution in [2.24, 2.45) is 5.73 Å². The summed E-state index contributed by atoms with van der Waals surface area (Å²) in [7, 11) is 0. The highest BCUT2D eigenvalue weighted by molar-refractivity contribution is 14.2. The highest BCUT2D eigenvalue weighted by Crippen LogP contribution is 2.37. The van der Waals surface area contributed by atoms with Gasteiger partial charge in [0.15, 0.2) is 0 Å². The smallest absolute Gasteiger partial charge is 0.119 e. The molecule has 0 radical (unpaired) electrons. The number of halogens is 1. The number of allylic oxidation sites excluding steroid dienone is 1. The first-order chi connectivity index (χ1) is 15.2. The fourth-order valence-corrected chi connectivity index (χ4v) is 4.78. The zero-order chi connectivity index (χ0) is 22.1. The monoisotopic (exact) mass is 543 g/mol. The van der Waals surface area contributed by atoms with Crippen LogP contribution in [0.5, 0.6) is 5.75 Å². The van der Waals surface area contributed by atoms with Gasteiger partial charge in [-0.05, 0) is 80.6 Å². The molecule has 0 amide bonds. The largest absolute Gasteiger partial charge is 0.492 e. The van der Waals surface area contributed by atoms with Crippen LogP contribution in [0.3, 0.4) is 0 Å². The van der Waals surface area contributed by atoms with Gasteiger partial charge in [-0.25, -0.2) is 0 Å². The van der Waals surface area contributed by atoms with E-state index < -0.39 is 0 Å². The summed E-state index contributed by atoms with van der Waals surface area (Å²) in [6.07, 6.45) is 2.86. The molecule has 160 valence electrons. The van der Waals surface area contributed by atoms with E-state index in [9.17, 15) is 0 Å². The second-order valence-electron chi connectivity index (χ2n) is 6.90. The molecule has 0 bridgehead atoms. The molecule has 0 aromatic heterocycles. The molecule has 0 spiro atoms. The lowest BCUT2D eigenvalue weighted by atomic mass is 9.87. The lowest BCUT2D eigenvalue weighted by Gasteiger charge is -2.18. The normalized spacial score (nSPS) is 12.0. The summed E-state index contributed by atoms with van der Waals surface area (Å²) < 4.78 is 5.67. The van der Waals surface area contributed by atoms with Crippen LogP contribution in [0.2, 0.25) is 0 Å². The summed E-state index contributed by atoms with van der Waals surface area (Å²) in [6, 6.07) is 25.0. The predicted octanol–water partition coefficient (Wildman–Crippen LogP) is 6.75. The first-order valence-electron chi connectivity index (χ1n) is 10.2. The Balaban J connectivity index is 2.18. The Morgan fingerprint density at radius 1 is 1.03 bits per heavy atom. The Hall–Kier alpha value is -2.21. The third-order valence-corrected chi connectivity index (χ3v) is 6.16. The minimum Gasteiger partial charge on any atom is -0.492 e. The van der Waals surface area contributed by atoms with E-state index in [1.807, 2.05) is 18.2 Å². The third-order valence-electron chi connectivity index (χ3n) is 4.98. The van der Waals surface area contributed by atoms with Crippen molar-refractivity contribution in [2.75, 3.05) is 18.2 Å². The number of benzene rings is 3. The molecule has 3 rings (SSSR count). The molecule has 0 heterocycles. The molecular weight excluding hydrogens is 516 g/mol. The van der Waals surface area contributed by atoms with Crippen molar-refractivity contribution in [1.82, 2.24) is 0 Å². The van der Waals surface area contributed by atoms with Gasteiger partial charge in [0.1, 0.15) is 12.4 Å². The summed E-state index contributed by atoms with van der Waals surface area (Å²) in [4.78, 5) is 0. The fourth-order valence-electron chi connectivity index (χ4n) is 3.58. The van der Waals surface area contributed by atoms with Crippen molar-refractivity contribution in [2.45, 2.75) is 13.3 Å². The molecule has 31 heavy (non-hydrogen) atoms. The molecule has 4 nitrogen and oxygen atoms in total. The Morgan fingerprint density at radius 3 is 2.35 bits per heavy atom. The van der Waals surface area contributed by atoms with Crippen LogP contribution >= 0.6 is 28.4 Å². The lowest BCUT2D eigenvalue weighted by Crippen LogP contribution is -2.10. The number of nitrogens with two attached hydrogens (primary N) is 1. The van der Waals surface area contributed by atoms with Crippen LogP contribution in [0, 0.1) is 5.41 Å². The van der Waals surface area contributed by atoms with Gasteiger partial charge in [-0.15, -0.1) is 0 Å². The van der Waals surface area contributed by atoms with Crippen molar-refractivity contribution in [3.8, 4) is 5.75 Å². The molecule has 0 fully saturated rings. The maximum atomic E-state index is 7.91. The average molecular weight is 543 g/mol. The molecule has 1 unspecified atom stereocenters. The molecule has 0 saturated heterocycles. The number of ether oxygens (including phenoxy) is 1. The molecule has 3 aromatic rings. The molecular formula is C25H27IN3OP. The van der Waals surface area contributed by atoms with Gasteiger partial charge in [0.25, 0.3) is 0 Å². The van der Waals surface area contributed by atoms with Gasteiger partial charge in [-0.2, -0.15) is 0 Å². The average Bonchev–Trinajstić information content (AvgIpc) is 2.82. The minimum atomic E-state index is 0.492. The molecule has 3 aromatic carbocycles. The van der Waals surface area contributed by atoms with Crippen LogP contribution in [0.1, 0.15) is 35.6 Å². The van der Waals surface area contributed by atoms with Crippen molar-refractivity contribution in [3.63, 3.8) is 0 Å². The zero-order valence-electron chi connectivity index (χ0n) is 17.5. The highest BCUT2D eigenvalue weighted by atomic mass is 127. The van der Waals surface area contributed by atoms with Crippen LogP contribution in [-0.2, 0) is 0 Å². The summed E-state index contributed by atoms with van der Waals surface area (Å²) >= 11 is 2.30. The molecule has 0 aliphatic rings. The number of nitrogens with one attached hydrogen (secondary N) is 2. The van der Waals surface area contributed by atoms with Crippen LogP contribution < -0.4 is 15.6 Å². The number of hydrogen-bond acceptors (Lipinski definition) is 4. The van der Waals surface area contributed by atoms with Crippen LogP contribution in [-0.4, -0.2) is 19.4 Å². The first kappa shape index (κ1) is 23.5. The van der Waals surface area contributed by atoms with Crippen molar-refractivity contribution in [1.29, 1.82) is 5.41 Å². The van der Waals surface area contributed by atoms with E-state index in [2.05, 4.69) is 88.6 Å². The van der Waals surface area contributed by atoms with Gasteiger partial charge in [-0.3, -0.25) is 0 Å². The van der Waals surface area contributed by atoms with E-state index in [0.29, 0.717) is 19.5 Å². The Morgan fingerprint density at radius 2 is 1.74 bits per heavy atom. The number of anilines is 1. The topological polar surface area (TPSA) is 71.1 Å². The predicted molar refractivity (Wildman–Crippen MR) is 144 cm³/mol. The maximum Gasteiger partial charge on any atom is 0.119 e. The molecule has 6 heteroatoms. The Bertz CT molecular complexity index is 1040. The highest BCUT2D eigenvalue weighted by Gasteiger charge is 2.15. The molecule has 0 aliphatic carbocycles. The lowest BCUT2D eigenvalue weighted by molar-refractivity contribution is 0.328. The third kappa shape index (κ3) is 5.94.